The molecule has 68 heavy (non-hydrogen) atoms. The second-order valence-electron chi connectivity index (χ2n) is 17.1. The molecule has 0 bridgehead atoms. The van der Waals surface area contributed by atoms with E-state index in [-0.39, 0.29) is 0 Å². The second kappa shape index (κ2) is 16.2. The van der Waals surface area contributed by atoms with Crippen LogP contribution in [0.15, 0.2) is 231 Å². The van der Waals surface area contributed by atoms with Gasteiger partial charge >= 0.3 is 6.18 Å². The summed E-state index contributed by atoms with van der Waals surface area (Å²) in [5.74, 6) is 0. The summed E-state index contributed by atoms with van der Waals surface area (Å²) in [4.78, 5) is 0. The van der Waals surface area contributed by atoms with Crippen LogP contribution in [0, 0.1) is 11.3 Å². The second-order valence-corrected chi connectivity index (χ2v) is 17.1. The number of nitriles is 1. The summed E-state index contributed by atoms with van der Waals surface area (Å²) in [6.07, 6.45) is -4.59. The molecule has 0 fully saturated rings. The number of rotatable bonds is 7. The largest absolute Gasteiger partial charge is 0.416 e. The number of hydrogen-bond acceptors (Lipinski definition) is 1. The maximum absolute atomic E-state index is 14.6. The Morgan fingerprint density at radius 1 is 0.338 bits per heavy atom. The van der Waals surface area contributed by atoms with Gasteiger partial charge in [0.25, 0.3) is 0 Å². The van der Waals surface area contributed by atoms with Crippen LogP contribution in [0.1, 0.15) is 11.1 Å². The van der Waals surface area contributed by atoms with Crippen molar-refractivity contribution in [2.75, 3.05) is 0 Å². The molecule has 0 unspecified atom stereocenters. The quantitative estimate of drug-likeness (QED) is 0.157. The minimum atomic E-state index is -4.59. The van der Waals surface area contributed by atoms with Gasteiger partial charge in [0, 0.05) is 27.1 Å². The maximum Gasteiger partial charge on any atom is 0.416 e. The Bertz CT molecular complexity index is 3740. The van der Waals surface area contributed by atoms with Crippen molar-refractivity contribution in [3.8, 4) is 73.1 Å². The number of fused-ring (bicyclic) bond motifs is 6. The van der Waals surface area contributed by atoms with Crippen LogP contribution in [-0.4, -0.2) is 9.13 Å². The SMILES string of the molecule is N#Cc1c(-n2c3cc(-c4ccccc4)ccc3c3ccc(-c4ccccc4)cc32)ccc(-c2cccc(C(F)(F)F)c2)c1-n1c2cc(-c3ccccc3)ccc2c2ccc(-c3ccccc3)cc21. The normalized spacial score (nSPS) is 11.7. The van der Waals surface area contributed by atoms with Gasteiger partial charge in [-0.1, -0.05) is 188 Å². The molecule has 0 N–H and O–H groups in total. The Morgan fingerprint density at radius 2 is 0.706 bits per heavy atom. The maximum atomic E-state index is 14.6. The third-order valence-corrected chi connectivity index (χ3v) is 13.2. The van der Waals surface area contributed by atoms with Crippen LogP contribution in [0.5, 0.6) is 0 Å². The average Bonchev–Trinajstić information content (AvgIpc) is 3.89. The monoisotopic (exact) mass is 881 g/mol. The van der Waals surface area contributed by atoms with Gasteiger partial charge in [-0.2, -0.15) is 18.4 Å². The zero-order valence-corrected chi connectivity index (χ0v) is 36.4. The minimum Gasteiger partial charge on any atom is -0.308 e. The van der Waals surface area contributed by atoms with Crippen molar-refractivity contribution in [2.24, 2.45) is 0 Å². The van der Waals surface area contributed by atoms with Crippen LogP contribution in [0.25, 0.3) is 111 Å². The van der Waals surface area contributed by atoms with Crippen LogP contribution >= 0.6 is 0 Å². The van der Waals surface area contributed by atoms with Crippen molar-refractivity contribution < 1.29 is 13.2 Å². The fourth-order valence-electron chi connectivity index (χ4n) is 9.98. The summed E-state index contributed by atoms with van der Waals surface area (Å²) in [6, 6.07) is 78.1. The van der Waals surface area contributed by atoms with E-state index in [4.69, 9.17) is 0 Å². The molecular weight excluding hydrogens is 844 g/mol. The highest BCUT2D eigenvalue weighted by atomic mass is 19.4. The summed E-state index contributed by atoms with van der Waals surface area (Å²) < 4.78 is 48.2. The standard InChI is InChI=1S/C62H38F3N3/c63-62(64,65)49-23-13-22-48(34-49)50-32-33-56(67-57-35-44(40-14-5-1-6-15-40)24-28-51(57)52-29-25-45(36-58(52)67)41-16-7-2-8-17-41)55(39-66)61(50)68-59-37-46(42-18-9-3-10-19-42)26-30-53(59)54-31-27-47(38-60(54)68)43-20-11-4-12-21-43/h1-38H. The lowest BCUT2D eigenvalue weighted by Gasteiger charge is -2.21. The third kappa shape index (κ3) is 6.83. The van der Waals surface area contributed by atoms with E-state index in [1.165, 1.54) is 12.1 Å². The van der Waals surface area contributed by atoms with Crippen molar-refractivity contribution in [3.63, 3.8) is 0 Å². The Labute approximate surface area is 390 Å². The minimum absolute atomic E-state index is 0.308. The Balaban J connectivity index is 1.24. The van der Waals surface area contributed by atoms with Crippen molar-refractivity contribution >= 4 is 43.6 Å². The molecule has 12 rings (SSSR count). The molecule has 322 valence electrons. The molecule has 0 radical (unpaired) electrons. The number of benzene rings is 10. The van der Waals surface area contributed by atoms with Crippen molar-refractivity contribution in [3.05, 3.63) is 242 Å². The Kier molecular flexibility index (Phi) is 9.67. The van der Waals surface area contributed by atoms with Gasteiger partial charge in [0.05, 0.1) is 39.0 Å². The van der Waals surface area contributed by atoms with Crippen molar-refractivity contribution in [1.29, 1.82) is 5.26 Å². The molecule has 6 heteroatoms. The first-order valence-corrected chi connectivity index (χ1v) is 22.5. The molecule has 0 spiro atoms. The van der Waals surface area contributed by atoms with Crippen molar-refractivity contribution in [2.45, 2.75) is 6.18 Å². The highest BCUT2D eigenvalue weighted by Crippen LogP contribution is 2.45. The van der Waals surface area contributed by atoms with Gasteiger partial charge in [-0.05, 0) is 92.5 Å². The lowest BCUT2D eigenvalue weighted by Crippen LogP contribution is -2.08. The molecule has 0 aliphatic rings. The summed E-state index contributed by atoms with van der Waals surface area (Å²) in [7, 11) is 0. The molecule has 0 atom stereocenters. The van der Waals surface area contributed by atoms with Crippen molar-refractivity contribution in [1.82, 2.24) is 9.13 Å². The van der Waals surface area contributed by atoms with Gasteiger partial charge < -0.3 is 9.13 Å². The first-order valence-electron chi connectivity index (χ1n) is 22.5. The Morgan fingerprint density at radius 3 is 1.07 bits per heavy atom. The third-order valence-electron chi connectivity index (χ3n) is 13.2. The van der Waals surface area contributed by atoms with Gasteiger partial charge in [-0.25, -0.2) is 0 Å². The van der Waals surface area contributed by atoms with Gasteiger partial charge in [0.15, 0.2) is 0 Å². The highest BCUT2D eigenvalue weighted by Gasteiger charge is 2.32. The molecule has 2 aromatic heterocycles. The van der Waals surface area contributed by atoms with Crippen LogP contribution in [0.3, 0.4) is 0 Å². The molecule has 0 aliphatic heterocycles. The summed E-state index contributed by atoms with van der Waals surface area (Å²) >= 11 is 0. The van der Waals surface area contributed by atoms with E-state index in [2.05, 4.69) is 137 Å². The fourth-order valence-corrected chi connectivity index (χ4v) is 9.98. The smallest absolute Gasteiger partial charge is 0.308 e. The number of hydrogen-bond donors (Lipinski definition) is 0. The number of halogens is 3. The van der Waals surface area contributed by atoms with E-state index in [1.54, 1.807) is 6.07 Å². The first-order chi connectivity index (χ1) is 33.3. The summed E-state index contributed by atoms with van der Waals surface area (Å²) in [5, 5.41) is 15.8. The molecule has 0 saturated carbocycles. The number of aromatic nitrogens is 2. The summed E-state index contributed by atoms with van der Waals surface area (Å²) in [5.41, 5.74) is 12.9. The molecule has 3 nitrogen and oxygen atoms in total. The predicted molar refractivity (Wildman–Crippen MR) is 272 cm³/mol. The Hall–Kier alpha value is -8.92. The van der Waals surface area contributed by atoms with Gasteiger partial charge in [-0.15, -0.1) is 0 Å². The highest BCUT2D eigenvalue weighted by molar-refractivity contribution is 6.14. The fraction of sp³-hybridized carbons (Fsp3) is 0.0161. The van der Waals surface area contributed by atoms with E-state index >= 15 is 0 Å². The number of nitrogens with zero attached hydrogens (tertiary/aromatic N) is 3. The average molecular weight is 882 g/mol. The van der Waals surface area contributed by atoms with E-state index < -0.39 is 11.7 Å². The van der Waals surface area contributed by atoms with Crippen LogP contribution in [0.2, 0.25) is 0 Å². The zero-order chi connectivity index (χ0) is 45.9. The van der Waals surface area contributed by atoms with E-state index in [0.29, 0.717) is 28.1 Å². The molecule has 0 saturated heterocycles. The molecule has 2 heterocycles. The van der Waals surface area contributed by atoms with E-state index in [0.717, 1.165) is 94.2 Å². The van der Waals surface area contributed by atoms with Gasteiger partial charge in [0.2, 0.25) is 0 Å². The molecular formula is C62H38F3N3. The molecule has 0 amide bonds. The molecule has 10 aromatic carbocycles. The number of alkyl halides is 3. The molecule has 0 aliphatic carbocycles. The van der Waals surface area contributed by atoms with E-state index in [1.807, 2.05) is 84.9 Å². The zero-order valence-electron chi connectivity index (χ0n) is 36.4. The first kappa shape index (κ1) is 40.6. The van der Waals surface area contributed by atoms with Crippen LogP contribution in [-0.2, 0) is 6.18 Å². The molecule has 12 aromatic rings. The lowest BCUT2D eigenvalue weighted by molar-refractivity contribution is -0.137. The lowest BCUT2D eigenvalue weighted by atomic mass is 9.96. The van der Waals surface area contributed by atoms with E-state index in [9.17, 15) is 18.4 Å². The summed E-state index contributed by atoms with van der Waals surface area (Å²) in [6.45, 7) is 0. The topological polar surface area (TPSA) is 33.6 Å². The van der Waals surface area contributed by atoms with Gasteiger partial charge in [-0.3, -0.25) is 0 Å². The predicted octanol–water partition coefficient (Wildman–Crippen LogP) is 17.1. The van der Waals surface area contributed by atoms with Gasteiger partial charge in [0.1, 0.15) is 11.6 Å². The van der Waals surface area contributed by atoms with Crippen LogP contribution < -0.4 is 0 Å². The van der Waals surface area contributed by atoms with Crippen LogP contribution in [0.4, 0.5) is 13.2 Å².